The number of rotatable bonds is 6. The maximum atomic E-state index is 12.6. The molecule has 0 bridgehead atoms. The number of oxazole rings is 2. The average molecular weight is 455 g/mol. The molecule has 0 amide bonds. The van der Waals surface area contributed by atoms with Gasteiger partial charge >= 0.3 is 5.76 Å². The van der Waals surface area contributed by atoms with Crippen LogP contribution >= 0.6 is 11.5 Å². The van der Waals surface area contributed by atoms with E-state index in [2.05, 4.69) is 19.1 Å². The molecule has 1 N–H and O–H groups in total. The minimum absolute atomic E-state index is 0.0537. The van der Waals surface area contributed by atoms with Crippen LogP contribution in [-0.4, -0.2) is 27.3 Å². The normalized spacial score (nSPS) is 11.7. The van der Waals surface area contributed by atoms with Crippen molar-refractivity contribution in [1.29, 1.82) is 0 Å². The highest BCUT2D eigenvalue weighted by atomic mass is 32.2. The van der Waals surface area contributed by atoms with Crippen LogP contribution in [0.2, 0.25) is 0 Å². The van der Waals surface area contributed by atoms with Gasteiger partial charge in [-0.15, -0.1) is 0 Å². The second-order valence-electron chi connectivity index (χ2n) is 6.47. The summed E-state index contributed by atoms with van der Waals surface area (Å²) in [6.07, 6.45) is 4.30. The molecule has 0 radical (unpaired) electrons. The molecule has 10 nitrogen and oxygen atoms in total. The molecule has 3 aromatic heterocycles. The SMILES string of the molecule is O=c1oc2cc(S(=O)(=O)Nc3ncns3)ccc2n1Cc1cccc(-c2ncco2)c1. The molecule has 12 heteroatoms. The van der Waals surface area contributed by atoms with Crippen molar-refractivity contribution in [2.24, 2.45) is 0 Å². The monoisotopic (exact) mass is 455 g/mol. The lowest BCUT2D eigenvalue weighted by Gasteiger charge is -2.06. The number of benzene rings is 2. The Hall–Kier alpha value is -3.77. The van der Waals surface area contributed by atoms with E-state index in [9.17, 15) is 13.2 Å². The number of sulfonamides is 1. The van der Waals surface area contributed by atoms with Gasteiger partial charge in [0, 0.05) is 23.2 Å². The zero-order chi connectivity index (χ0) is 21.4. The van der Waals surface area contributed by atoms with Gasteiger partial charge in [-0.1, -0.05) is 12.1 Å². The van der Waals surface area contributed by atoms with E-state index in [0.29, 0.717) is 11.4 Å². The van der Waals surface area contributed by atoms with Crippen molar-refractivity contribution in [1.82, 2.24) is 18.9 Å². The number of hydrogen-bond donors (Lipinski definition) is 1. The summed E-state index contributed by atoms with van der Waals surface area (Å²) < 4.78 is 43.3. The molecule has 0 spiro atoms. The highest BCUT2D eigenvalue weighted by molar-refractivity contribution is 7.93. The highest BCUT2D eigenvalue weighted by Crippen LogP contribution is 2.23. The molecule has 2 aromatic carbocycles. The number of nitrogens with zero attached hydrogens (tertiary/aromatic N) is 4. The van der Waals surface area contributed by atoms with E-state index >= 15 is 0 Å². The molecule has 5 aromatic rings. The lowest BCUT2D eigenvalue weighted by molar-refractivity contribution is 0.517. The Labute approximate surface area is 179 Å². The first kappa shape index (κ1) is 19.2. The Morgan fingerprint density at radius 1 is 1.13 bits per heavy atom. The molecular weight excluding hydrogens is 442 g/mol. The van der Waals surface area contributed by atoms with E-state index < -0.39 is 15.8 Å². The van der Waals surface area contributed by atoms with Gasteiger partial charge in [0.15, 0.2) is 5.58 Å². The lowest BCUT2D eigenvalue weighted by atomic mass is 10.1. The Morgan fingerprint density at radius 2 is 2.03 bits per heavy atom. The van der Waals surface area contributed by atoms with Crippen LogP contribution in [0.3, 0.4) is 0 Å². The molecule has 0 aliphatic heterocycles. The lowest BCUT2D eigenvalue weighted by Crippen LogP contribution is -2.15. The van der Waals surface area contributed by atoms with E-state index in [1.54, 1.807) is 6.20 Å². The summed E-state index contributed by atoms with van der Waals surface area (Å²) in [4.78, 5) is 20.3. The van der Waals surface area contributed by atoms with Crippen molar-refractivity contribution < 1.29 is 17.3 Å². The molecule has 0 unspecified atom stereocenters. The summed E-state index contributed by atoms with van der Waals surface area (Å²) >= 11 is 0.916. The first-order chi connectivity index (χ1) is 15.0. The summed E-state index contributed by atoms with van der Waals surface area (Å²) in [5.41, 5.74) is 2.24. The fraction of sp³-hybridized carbons (Fsp3) is 0.0526. The second kappa shape index (κ2) is 7.49. The maximum Gasteiger partial charge on any atom is 0.420 e. The topological polar surface area (TPSA) is 133 Å². The molecule has 0 fully saturated rings. The minimum atomic E-state index is -3.90. The van der Waals surface area contributed by atoms with Gasteiger partial charge in [0.1, 0.15) is 12.6 Å². The molecule has 0 atom stereocenters. The standard InChI is InChI=1S/C19H13N5O5S2/c25-19-24(10-12-2-1-3-13(8-12)17-20-6-7-28-17)15-5-4-14(9-16(15)29-19)31(26,27)23-18-21-11-22-30-18/h1-9,11H,10H2,(H,21,22,23). The molecule has 0 aliphatic rings. The first-order valence-electron chi connectivity index (χ1n) is 8.91. The van der Waals surface area contributed by atoms with Gasteiger partial charge in [-0.05, 0) is 29.8 Å². The predicted octanol–water partition coefficient (Wildman–Crippen LogP) is 2.95. The molecule has 0 saturated heterocycles. The third-order valence-electron chi connectivity index (χ3n) is 4.48. The molecule has 156 valence electrons. The Morgan fingerprint density at radius 3 is 2.81 bits per heavy atom. The van der Waals surface area contributed by atoms with Gasteiger partial charge in [0.25, 0.3) is 10.0 Å². The van der Waals surface area contributed by atoms with Crippen molar-refractivity contribution >= 4 is 37.8 Å². The van der Waals surface area contributed by atoms with E-state index in [1.807, 2.05) is 24.3 Å². The first-order valence-corrected chi connectivity index (χ1v) is 11.2. The summed E-state index contributed by atoms with van der Waals surface area (Å²) in [5, 5.41) is 0.144. The van der Waals surface area contributed by atoms with E-state index in [-0.39, 0.29) is 22.2 Å². The molecule has 31 heavy (non-hydrogen) atoms. The van der Waals surface area contributed by atoms with E-state index in [4.69, 9.17) is 8.83 Å². The quantitative estimate of drug-likeness (QED) is 0.413. The summed E-state index contributed by atoms with van der Waals surface area (Å²) in [6, 6.07) is 11.7. The van der Waals surface area contributed by atoms with Crippen molar-refractivity contribution in [2.75, 3.05) is 4.72 Å². The summed E-state index contributed by atoms with van der Waals surface area (Å²) in [6.45, 7) is 0.232. The number of anilines is 1. The summed E-state index contributed by atoms with van der Waals surface area (Å²) in [7, 11) is -3.90. The van der Waals surface area contributed by atoms with E-state index in [1.165, 1.54) is 35.4 Å². The van der Waals surface area contributed by atoms with Crippen LogP contribution in [0.25, 0.3) is 22.6 Å². The maximum absolute atomic E-state index is 12.6. The Kier molecular flexibility index (Phi) is 4.64. The highest BCUT2D eigenvalue weighted by Gasteiger charge is 2.19. The zero-order valence-corrected chi connectivity index (χ0v) is 17.3. The van der Waals surface area contributed by atoms with Gasteiger partial charge in [-0.3, -0.25) is 9.29 Å². The van der Waals surface area contributed by atoms with Crippen molar-refractivity contribution in [3.05, 3.63) is 77.4 Å². The number of fused-ring (bicyclic) bond motifs is 1. The third kappa shape index (κ3) is 3.73. The molecule has 5 rings (SSSR count). The number of aromatic nitrogens is 4. The Bertz CT molecular complexity index is 1520. The molecule has 0 aliphatic carbocycles. The van der Waals surface area contributed by atoms with Crippen LogP contribution in [-0.2, 0) is 16.6 Å². The smallest absolute Gasteiger partial charge is 0.420 e. The Balaban J connectivity index is 1.48. The number of nitrogens with one attached hydrogen (secondary N) is 1. The fourth-order valence-corrected chi connectivity index (χ4v) is 4.78. The number of hydrogen-bond acceptors (Lipinski definition) is 9. The van der Waals surface area contributed by atoms with E-state index in [0.717, 1.165) is 22.7 Å². The van der Waals surface area contributed by atoms with Gasteiger partial charge < -0.3 is 8.83 Å². The molecule has 3 heterocycles. The van der Waals surface area contributed by atoms with Crippen molar-refractivity contribution in [3.8, 4) is 11.5 Å². The molecule has 0 saturated carbocycles. The van der Waals surface area contributed by atoms with Gasteiger partial charge in [0.05, 0.1) is 23.2 Å². The fourth-order valence-electron chi connectivity index (χ4n) is 3.11. The van der Waals surface area contributed by atoms with Crippen molar-refractivity contribution in [3.63, 3.8) is 0 Å². The zero-order valence-electron chi connectivity index (χ0n) is 15.6. The average Bonchev–Trinajstić information content (AvgIpc) is 3.50. The van der Waals surface area contributed by atoms with Crippen LogP contribution in [0.15, 0.2) is 79.8 Å². The molecular formula is C19H13N5O5S2. The van der Waals surface area contributed by atoms with Crippen LogP contribution in [0.5, 0.6) is 0 Å². The van der Waals surface area contributed by atoms with Crippen molar-refractivity contribution in [2.45, 2.75) is 11.4 Å². The largest absolute Gasteiger partial charge is 0.445 e. The van der Waals surface area contributed by atoms with Gasteiger partial charge in [-0.25, -0.2) is 23.2 Å². The van der Waals surface area contributed by atoms with Crippen LogP contribution in [0.1, 0.15) is 5.56 Å². The predicted molar refractivity (Wildman–Crippen MR) is 112 cm³/mol. The van der Waals surface area contributed by atoms with Gasteiger partial charge in [0.2, 0.25) is 11.0 Å². The van der Waals surface area contributed by atoms with Gasteiger partial charge in [-0.2, -0.15) is 4.37 Å². The third-order valence-corrected chi connectivity index (χ3v) is 6.53. The minimum Gasteiger partial charge on any atom is -0.445 e. The van der Waals surface area contributed by atoms with Crippen LogP contribution < -0.4 is 10.5 Å². The van der Waals surface area contributed by atoms with Crippen LogP contribution in [0.4, 0.5) is 5.13 Å². The second-order valence-corrected chi connectivity index (χ2v) is 8.94. The van der Waals surface area contributed by atoms with Crippen LogP contribution in [0, 0.1) is 0 Å². The summed E-state index contributed by atoms with van der Waals surface area (Å²) in [5.74, 6) is -0.118.